The Morgan fingerprint density at radius 1 is 1.19 bits per heavy atom. The van der Waals surface area contributed by atoms with Crippen LogP contribution in [0.1, 0.15) is 32.0 Å². The largest absolute Gasteiger partial charge is 0.396 e. The van der Waals surface area contributed by atoms with Crippen molar-refractivity contribution in [3.8, 4) is 11.3 Å². The summed E-state index contributed by atoms with van der Waals surface area (Å²) in [5.74, 6) is 0. The van der Waals surface area contributed by atoms with Crippen molar-refractivity contribution in [3.05, 3.63) is 36.0 Å². The lowest BCUT2D eigenvalue weighted by atomic mass is 10.1. The van der Waals surface area contributed by atoms with E-state index in [-0.39, 0.29) is 25.1 Å². The van der Waals surface area contributed by atoms with E-state index in [2.05, 4.69) is 29.4 Å². The van der Waals surface area contributed by atoms with Gasteiger partial charge in [-0.1, -0.05) is 30.3 Å². The van der Waals surface area contributed by atoms with Gasteiger partial charge in [-0.2, -0.15) is 15.0 Å². The van der Waals surface area contributed by atoms with Crippen molar-refractivity contribution in [2.24, 2.45) is 0 Å². The molecule has 1 heterocycles. The first kappa shape index (κ1) is 17.6. The molecular formula is C15H23ClN4O. The van der Waals surface area contributed by atoms with Crippen molar-refractivity contribution >= 4 is 12.4 Å². The lowest BCUT2D eigenvalue weighted by Crippen LogP contribution is -2.17. The third-order valence-corrected chi connectivity index (χ3v) is 3.01. The van der Waals surface area contributed by atoms with E-state index in [1.54, 1.807) is 4.80 Å². The molecule has 2 N–H and O–H groups in total. The van der Waals surface area contributed by atoms with Gasteiger partial charge in [0.25, 0.3) is 0 Å². The summed E-state index contributed by atoms with van der Waals surface area (Å²) in [7, 11) is 0. The smallest absolute Gasteiger partial charge is 0.117 e. The van der Waals surface area contributed by atoms with E-state index in [0.717, 1.165) is 29.9 Å². The Bertz CT molecular complexity index is 528. The molecule has 0 aliphatic heterocycles. The summed E-state index contributed by atoms with van der Waals surface area (Å²) in [5.41, 5.74) is 2.96. The Hall–Kier alpha value is -1.43. The number of nitrogens with one attached hydrogen (secondary N) is 1. The van der Waals surface area contributed by atoms with Crippen LogP contribution in [0.15, 0.2) is 30.3 Å². The minimum absolute atomic E-state index is 0. The highest BCUT2D eigenvalue weighted by Crippen LogP contribution is 2.21. The van der Waals surface area contributed by atoms with Crippen molar-refractivity contribution in [2.45, 2.75) is 32.9 Å². The normalized spacial score (nSPS) is 10.7. The first-order chi connectivity index (χ1) is 9.72. The summed E-state index contributed by atoms with van der Waals surface area (Å²) in [4.78, 5) is 1.76. The van der Waals surface area contributed by atoms with Gasteiger partial charge in [0.2, 0.25) is 0 Å². The second-order valence-corrected chi connectivity index (χ2v) is 5.03. The number of nitrogens with zero attached hydrogens (tertiary/aromatic N) is 3. The molecule has 0 saturated carbocycles. The number of hydrogen-bond donors (Lipinski definition) is 2. The third kappa shape index (κ3) is 4.81. The van der Waals surface area contributed by atoms with Gasteiger partial charge in [0.1, 0.15) is 11.4 Å². The first-order valence-electron chi connectivity index (χ1n) is 7.05. The summed E-state index contributed by atoms with van der Waals surface area (Å²) < 4.78 is 0. The van der Waals surface area contributed by atoms with Gasteiger partial charge < -0.3 is 10.4 Å². The Balaban J connectivity index is 0.00000220. The van der Waals surface area contributed by atoms with E-state index in [9.17, 15) is 0 Å². The summed E-state index contributed by atoms with van der Waals surface area (Å²) >= 11 is 0. The fourth-order valence-electron chi connectivity index (χ4n) is 1.93. The molecule has 2 aromatic rings. The molecular weight excluding hydrogens is 288 g/mol. The van der Waals surface area contributed by atoms with Gasteiger partial charge in [-0.05, 0) is 26.8 Å². The fourth-order valence-corrected chi connectivity index (χ4v) is 1.93. The molecule has 0 spiro atoms. The standard InChI is InChI=1S/C15H22N4O.ClH/c1-12(2)19-17-14(11-16-9-6-10-20)15(18-19)13-7-4-3-5-8-13;/h3-5,7-8,12,16,20H,6,9-11H2,1-2H3;1H. The highest BCUT2D eigenvalue weighted by Gasteiger charge is 2.13. The molecule has 0 bridgehead atoms. The number of benzene rings is 1. The van der Waals surface area contributed by atoms with Gasteiger partial charge in [0, 0.05) is 18.7 Å². The van der Waals surface area contributed by atoms with Crippen LogP contribution in [0.3, 0.4) is 0 Å². The SMILES string of the molecule is CC(C)n1nc(CNCCCO)c(-c2ccccc2)n1.Cl. The van der Waals surface area contributed by atoms with Crippen LogP contribution in [0.25, 0.3) is 11.3 Å². The van der Waals surface area contributed by atoms with Gasteiger partial charge in [-0.25, -0.2) is 0 Å². The fraction of sp³-hybridized carbons (Fsp3) is 0.467. The zero-order chi connectivity index (χ0) is 14.4. The molecule has 0 amide bonds. The van der Waals surface area contributed by atoms with Crippen molar-refractivity contribution in [1.29, 1.82) is 0 Å². The quantitative estimate of drug-likeness (QED) is 0.771. The highest BCUT2D eigenvalue weighted by atomic mass is 35.5. The van der Waals surface area contributed by atoms with Crippen molar-refractivity contribution in [1.82, 2.24) is 20.3 Å². The predicted molar refractivity (Wildman–Crippen MR) is 86.5 cm³/mol. The van der Waals surface area contributed by atoms with Crippen LogP contribution in [0, 0.1) is 0 Å². The van der Waals surface area contributed by atoms with Gasteiger partial charge in [0.05, 0.1) is 6.04 Å². The number of aliphatic hydroxyl groups excluding tert-OH is 1. The van der Waals surface area contributed by atoms with E-state index in [1.165, 1.54) is 0 Å². The maximum atomic E-state index is 8.80. The second kappa shape index (κ2) is 8.77. The zero-order valence-corrected chi connectivity index (χ0v) is 13.3. The molecule has 0 unspecified atom stereocenters. The molecule has 0 saturated heterocycles. The van der Waals surface area contributed by atoms with Crippen LogP contribution in [-0.2, 0) is 6.54 Å². The molecule has 0 atom stereocenters. The van der Waals surface area contributed by atoms with E-state index >= 15 is 0 Å². The lowest BCUT2D eigenvalue weighted by Gasteiger charge is -2.03. The monoisotopic (exact) mass is 310 g/mol. The predicted octanol–water partition coefficient (Wildman–Crippen LogP) is 2.42. The summed E-state index contributed by atoms with van der Waals surface area (Å²) in [6, 6.07) is 10.3. The maximum absolute atomic E-state index is 8.80. The molecule has 1 aromatic carbocycles. The van der Waals surface area contributed by atoms with Crippen LogP contribution in [0.5, 0.6) is 0 Å². The minimum atomic E-state index is 0. The van der Waals surface area contributed by atoms with E-state index < -0.39 is 0 Å². The average molecular weight is 311 g/mol. The molecule has 0 aliphatic carbocycles. The van der Waals surface area contributed by atoms with E-state index in [1.807, 2.05) is 30.3 Å². The van der Waals surface area contributed by atoms with Gasteiger partial charge >= 0.3 is 0 Å². The topological polar surface area (TPSA) is 63.0 Å². The number of aliphatic hydroxyl groups is 1. The molecule has 0 aliphatic rings. The maximum Gasteiger partial charge on any atom is 0.117 e. The van der Waals surface area contributed by atoms with Crippen molar-refractivity contribution in [2.75, 3.05) is 13.2 Å². The molecule has 5 nitrogen and oxygen atoms in total. The lowest BCUT2D eigenvalue weighted by molar-refractivity contribution is 0.286. The van der Waals surface area contributed by atoms with Crippen LogP contribution in [-0.4, -0.2) is 33.3 Å². The Morgan fingerprint density at radius 3 is 2.52 bits per heavy atom. The molecule has 0 fully saturated rings. The van der Waals surface area contributed by atoms with Gasteiger partial charge in [-0.3, -0.25) is 0 Å². The molecule has 6 heteroatoms. The van der Waals surface area contributed by atoms with Crippen LogP contribution >= 0.6 is 12.4 Å². The number of aromatic nitrogens is 3. The molecule has 1 aromatic heterocycles. The third-order valence-electron chi connectivity index (χ3n) is 3.01. The Kier molecular flexibility index (Phi) is 7.36. The number of rotatable bonds is 7. The summed E-state index contributed by atoms with van der Waals surface area (Å²) in [6.45, 7) is 5.78. The Labute approximate surface area is 131 Å². The zero-order valence-electron chi connectivity index (χ0n) is 12.5. The van der Waals surface area contributed by atoms with Crippen LogP contribution in [0.2, 0.25) is 0 Å². The van der Waals surface area contributed by atoms with E-state index in [0.29, 0.717) is 6.54 Å². The van der Waals surface area contributed by atoms with Crippen LogP contribution < -0.4 is 5.32 Å². The minimum Gasteiger partial charge on any atom is -0.396 e. The van der Waals surface area contributed by atoms with Crippen molar-refractivity contribution in [3.63, 3.8) is 0 Å². The number of halogens is 1. The van der Waals surface area contributed by atoms with E-state index in [4.69, 9.17) is 5.11 Å². The average Bonchev–Trinajstić information content (AvgIpc) is 2.89. The number of hydrogen-bond acceptors (Lipinski definition) is 4. The summed E-state index contributed by atoms with van der Waals surface area (Å²) in [5, 5.41) is 21.2. The molecule has 0 radical (unpaired) electrons. The van der Waals surface area contributed by atoms with Gasteiger partial charge in [0.15, 0.2) is 0 Å². The van der Waals surface area contributed by atoms with Crippen molar-refractivity contribution < 1.29 is 5.11 Å². The molecule has 2 rings (SSSR count). The molecule has 21 heavy (non-hydrogen) atoms. The first-order valence-corrected chi connectivity index (χ1v) is 7.05. The second-order valence-electron chi connectivity index (χ2n) is 5.03. The van der Waals surface area contributed by atoms with Crippen LogP contribution in [0.4, 0.5) is 0 Å². The Morgan fingerprint density at radius 2 is 1.90 bits per heavy atom. The summed E-state index contributed by atoms with van der Waals surface area (Å²) in [6.07, 6.45) is 0.749. The highest BCUT2D eigenvalue weighted by molar-refractivity contribution is 5.85. The molecule has 116 valence electrons. The van der Waals surface area contributed by atoms with Gasteiger partial charge in [-0.15, -0.1) is 12.4 Å².